The normalized spacial score (nSPS) is 11.9. The molecule has 2 heterocycles. The van der Waals surface area contributed by atoms with Crippen molar-refractivity contribution in [2.75, 3.05) is 5.32 Å². The van der Waals surface area contributed by atoms with Crippen LogP contribution >= 0.6 is 0 Å². The molecular weight excluding hydrogens is 384 g/mol. The molecule has 0 aliphatic heterocycles. The van der Waals surface area contributed by atoms with E-state index in [1.165, 1.54) is 0 Å². The fourth-order valence-electron chi connectivity index (χ4n) is 3.09. The van der Waals surface area contributed by atoms with Crippen molar-refractivity contribution < 1.29 is 18.8 Å². The first-order valence-corrected chi connectivity index (χ1v) is 9.96. The molecule has 2 aromatic heterocycles. The summed E-state index contributed by atoms with van der Waals surface area (Å²) in [6.45, 7) is 7.63. The summed E-state index contributed by atoms with van der Waals surface area (Å²) >= 11 is 0. The predicted molar refractivity (Wildman–Crippen MR) is 112 cm³/mol. The number of aryl methyl sites for hydroxylation is 3. The summed E-state index contributed by atoms with van der Waals surface area (Å²) in [6, 6.07) is 10.5. The van der Waals surface area contributed by atoms with Gasteiger partial charge < -0.3 is 14.6 Å². The Kier molecular flexibility index (Phi) is 6.66. The van der Waals surface area contributed by atoms with Gasteiger partial charge in [-0.3, -0.25) is 4.79 Å². The number of ether oxygens (including phenoxy) is 1. The van der Waals surface area contributed by atoms with Crippen LogP contribution in [0.15, 0.2) is 40.9 Å². The van der Waals surface area contributed by atoms with E-state index in [1.807, 2.05) is 31.5 Å². The second-order valence-corrected chi connectivity index (χ2v) is 7.23. The van der Waals surface area contributed by atoms with Crippen LogP contribution in [-0.4, -0.2) is 32.9 Å². The highest BCUT2D eigenvalue weighted by Gasteiger charge is 2.24. The molecule has 1 N–H and O–H groups in total. The third kappa shape index (κ3) is 5.14. The zero-order chi connectivity index (χ0) is 21.7. The Bertz CT molecular complexity index is 1020. The Morgan fingerprint density at radius 1 is 1.17 bits per heavy atom. The molecule has 1 aromatic carbocycles. The van der Waals surface area contributed by atoms with Crippen molar-refractivity contribution in [3.63, 3.8) is 0 Å². The lowest BCUT2D eigenvalue weighted by atomic mass is 10.1. The summed E-state index contributed by atoms with van der Waals surface area (Å²) in [6.07, 6.45) is 1.14. The van der Waals surface area contributed by atoms with Crippen molar-refractivity contribution in [2.24, 2.45) is 0 Å². The van der Waals surface area contributed by atoms with Gasteiger partial charge in [-0.2, -0.15) is 5.10 Å². The molecule has 0 aliphatic rings. The van der Waals surface area contributed by atoms with Crippen LogP contribution in [-0.2, 0) is 9.53 Å². The molecule has 158 valence electrons. The molecule has 0 fully saturated rings. The van der Waals surface area contributed by atoms with Crippen molar-refractivity contribution in [2.45, 2.75) is 53.1 Å². The zero-order valence-electron chi connectivity index (χ0n) is 17.6. The largest absolute Gasteiger partial charge is 0.449 e. The second-order valence-electron chi connectivity index (χ2n) is 7.23. The van der Waals surface area contributed by atoms with E-state index in [9.17, 15) is 9.59 Å². The summed E-state index contributed by atoms with van der Waals surface area (Å²) in [4.78, 5) is 25.2. The number of nitrogens with zero attached hydrogens (tertiary/aromatic N) is 3. The molecule has 8 heteroatoms. The van der Waals surface area contributed by atoms with Gasteiger partial charge in [-0.15, -0.1) is 0 Å². The number of carbonyl (C=O) groups is 2. The van der Waals surface area contributed by atoms with Gasteiger partial charge in [0.1, 0.15) is 5.76 Å². The van der Waals surface area contributed by atoms with E-state index in [0.29, 0.717) is 23.6 Å². The molecule has 30 heavy (non-hydrogen) atoms. The first kappa shape index (κ1) is 21.3. The Morgan fingerprint density at radius 3 is 2.47 bits per heavy atom. The zero-order valence-corrected chi connectivity index (χ0v) is 17.6. The SMILES string of the molecule is CCCCC(OC(=O)c1ccc(-n2nc(C)cc2C)cc1)C(=O)Nc1cc(C)on1. The van der Waals surface area contributed by atoms with Crippen LogP contribution in [0.4, 0.5) is 5.82 Å². The minimum absolute atomic E-state index is 0.296. The lowest BCUT2D eigenvalue weighted by Crippen LogP contribution is -2.32. The number of esters is 1. The number of benzene rings is 1. The van der Waals surface area contributed by atoms with Crippen molar-refractivity contribution in [1.82, 2.24) is 14.9 Å². The van der Waals surface area contributed by atoms with Crippen LogP contribution < -0.4 is 5.32 Å². The lowest BCUT2D eigenvalue weighted by molar-refractivity contribution is -0.125. The molecule has 0 aliphatic carbocycles. The molecule has 1 unspecified atom stereocenters. The Labute approximate surface area is 175 Å². The van der Waals surface area contributed by atoms with Crippen LogP contribution in [0.5, 0.6) is 0 Å². The number of amides is 1. The predicted octanol–water partition coefficient (Wildman–Crippen LogP) is 4.14. The molecule has 8 nitrogen and oxygen atoms in total. The molecule has 0 spiro atoms. The fourth-order valence-corrected chi connectivity index (χ4v) is 3.09. The van der Waals surface area contributed by atoms with Crippen LogP contribution in [0.2, 0.25) is 0 Å². The van der Waals surface area contributed by atoms with Crippen molar-refractivity contribution in [3.8, 4) is 5.69 Å². The number of aromatic nitrogens is 3. The number of anilines is 1. The molecule has 0 bridgehead atoms. The van der Waals surface area contributed by atoms with Gasteiger partial charge in [0.05, 0.1) is 16.9 Å². The Balaban J connectivity index is 1.70. The summed E-state index contributed by atoms with van der Waals surface area (Å²) in [7, 11) is 0. The maximum absolute atomic E-state index is 12.6. The minimum Gasteiger partial charge on any atom is -0.449 e. The first-order chi connectivity index (χ1) is 14.4. The summed E-state index contributed by atoms with van der Waals surface area (Å²) in [5, 5.41) is 10.8. The maximum atomic E-state index is 12.6. The van der Waals surface area contributed by atoms with Gasteiger partial charge in [0.2, 0.25) is 0 Å². The highest BCUT2D eigenvalue weighted by atomic mass is 16.5. The van der Waals surface area contributed by atoms with Gasteiger partial charge in [0.25, 0.3) is 5.91 Å². The maximum Gasteiger partial charge on any atom is 0.338 e. The van der Waals surface area contributed by atoms with Crippen molar-refractivity contribution in [3.05, 3.63) is 59.1 Å². The number of hydrogen-bond donors (Lipinski definition) is 1. The summed E-state index contributed by atoms with van der Waals surface area (Å²) in [5.41, 5.74) is 3.14. The fraction of sp³-hybridized carbons (Fsp3) is 0.364. The van der Waals surface area contributed by atoms with Crippen molar-refractivity contribution >= 4 is 17.7 Å². The molecular formula is C22H26N4O4. The van der Waals surface area contributed by atoms with E-state index in [4.69, 9.17) is 9.26 Å². The smallest absolute Gasteiger partial charge is 0.338 e. The second kappa shape index (κ2) is 9.39. The average molecular weight is 410 g/mol. The van der Waals surface area contributed by atoms with Gasteiger partial charge in [-0.05, 0) is 63.9 Å². The quantitative estimate of drug-likeness (QED) is 0.560. The van der Waals surface area contributed by atoms with E-state index in [2.05, 4.69) is 15.6 Å². The van der Waals surface area contributed by atoms with Gasteiger partial charge >= 0.3 is 5.97 Å². The number of nitrogens with one attached hydrogen (secondary N) is 1. The third-order valence-electron chi connectivity index (χ3n) is 4.60. The highest BCUT2D eigenvalue weighted by Crippen LogP contribution is 2.16. The van der Waals surface area contributed by atoms with E-state index in [1.54, 1.807) is 37.3 Å². The van der Waals surface area contributed by atoms with Crippen LogP contribution in [0.25, 0.3) is 5.69 Å². The minimum atomic E-state index is -0.912. The molecule has 0 saturated heterocycles. The van der Waals surface area contributed by atoms with Gasteiger partial charge in [0.15, 0.2) is 11.9 Å². The van der Waals surface area contributed by atoms with Gasteiger partial charge in [-0.1, -0.05) is 18.5 Å². The molecule has 1 atom stereocenters. The van der Waals surface area contributed by atoms with E-state index >= 15 is 0 Å². The molecule has 1 amide bonds. The number of rotatable bonds is 8. The van der Waals surface area contributed by atoms with Crippen molar-refractivity contribution in [1.29, 1.82) is 0 Å². The van der Waals surface area contributed by atoms with Gasteiger partial charge in [0, 0.05) is 11.8 Å². The van der Waals surface area contributed by atoms with E-state index < -0.39 is 18.0 Å². The molecule has 0 radical (unpaired) electrons. The number of unbranched alkanes of at least 4 members (excludes halogenated alkanes) is 1. The van der Waals surface area contributed by atoms with Crippen LogP contribution in [0.3, 0.4) is 0 Å². The number of carbonyl (C=O) groups excluding carboxylic acids is 2. The van der Waals surface area contributed by atoms with Crippen LogP contribution in [0.1, 0.15) is 53.7 Å². The van der Waals surface area contributed by atoms with Crippen LogP contribution in [0, 0.1) is 20.8 Å². The topological polar surface area (TPSA) is 99.2 Å². The lowest BCUT2D eigenvalue weighted by Gasteiger charge is -2.17. The van der Waals surface area contributed by atoms with Gasteiger partial charge in [-0.25, -0.2) is 9.48 Å². The molecule has 3 aromatic rings. The monoisotopic (exact) mass is 410 g/mol. The van der Waals surface area contributed by atoms with E-state index in [0.717, 1.165) is 29.9 Å². The Morgan fingerprint density at radius 2 is 1.90 bits per heavy atom. The first-order valence-electron chi connectivity index (χ1n) is 9.96. The standard InChI is InChI=1S/C22H26N4O4/c1-5-6-7-19(21(27)23-20-13-16(4)30-25-20)29-22(28)17-8-10-18(11-9-17)26-15(3)12-14(2)24-26/h8-13,19H,5-7H2,1-4H3,(H,23,25,27). The summed E-state index contributed by atoms with van der Waals surface area (Å²) in [5.74, 6) is -0.105. The highest BCUT2D eigenvalue weighted by molar-refractivity contribution is 5.97. The number of hydrogen-bond acceptors (Lipinski definition) is 6. The molecule has 3 rings (SSSR count). The third-order valence-corrected chi connectivity index (χ3v) is 4.60. The summed E-state index contributed by atoms with van der Waals surface area (Å²) < 4.78 is 12.3. The van der Waals surface area contributed by atoms with E-state index in [-0.39, 0.29) is 0 Å². The average Bonchev–Trinajstić information content (AvgIpc) is 3.28. The Hall–Kier alpha value is -3.42. The molecule has 0 saturated carbocycles.